The van der Waals surface area contributed by atoms with Crippen molar-refractivity contribution in [3.63, 3.8) is 0 Å². The lowest BCUT2D eigenvalue weighted by molar-refractivity contribution is -0.143. The fraction of sp³-hybridized carbons (Fsp3) is 0.462. The second kappa shape index (κ2) is 8.78. The van der Waals surface area contributed by atoms with Crippen molar-refractivity contribution in [1.29, 1.82) is 0 Å². The van der Waals surface area contributed by atoms with E-state index in [0.29, 0.717) is 13.2 Å². The molecule has 0 saturated carbocycles. The molecule has 2 N–H and O–H groups in total. The lowest BCUT2D eigenvalue weighted by atomic mass is 10.0. The number of esters is 1. The van der Waals surface area contributed by atoms with E-state index in [-0.39, 0.29) is 30.8 Å². The third kappa shape index (κ3) is 5.38. The third-order valence-corrected chi connectivity index (χ3v) is 2.31. The molecule has 1 atom stereocenters. The number of hydrogen-bond donors (Lipinski definition) is 1. The van der Waals surface area contributed by atoms with Crippen molar-refractivity contribution >= 4 is 18.4 Å². The Balaban J connectivity index is 0.00000289. The standard InChI is InChI=1S/C13H19NO3.ClH/c1-3-16-11-7-5-10(6-8-11)12(14)9-13(15)17-4-2;/h5-8,12H,3-4,9,14H2,1-2H3;1H/t12-;/m1./s1. The van der Waals surface area contributed by atoms with Gasteiger partial charge in [0.25, 0.3) is 0 Å². The predicted octanol–water partition coefficient (Wildman–Crippen LogP) is 2.46. The summed E-state index contributed by atoms with van der Waals surface area (Å²) in [6.07, 6.45) is 0.196. The number of carbonyl (C=O) groups excluding carboxylic acids is 1. The van der Waals surface area contributed by atoms with Gasteiger partial charge in [-0.05, 0) is 31.5 Å². The highest BCUT2D eigenvalue weighted by molar-refractivity contribution is 5.85. The molecule has 0 fully saturated rings. The molecule has 0 aliphatic heterocycles. The van der Waals surface area contributed by atoms with Gasteiger partial charge in [0.1, 0.15) is 5.75 Å². The molecule has 0 bridgehead atoms. The van der Waals surface area contributed by atoms with E-state index in [2.05, 4.69) is 0 Å². The summed E-state index contributed by atoms with van der Waals surface area (Å²) in [7, 11) is 0. The maximum atomic E-state index is 11.3. The van der Waals surface area contributed by atoms with Crippen LogP contribution in [0.2, 0.25) is 0 Å². The van der Waals surface area contributed by atoms with Crippen LogP contribution < -0.4 is 10.5 Å². The van der Waals surface area contributed by atoms with Crippen molar-refractivity contribution in [2.75, 3.05) is 13.2 Å². The molecule has 102 valence electrons. The lowest BCUT2D eigenvalue weighted by Gasteiger charge is -2.12. The van der Waals surface area contributed by atoms with Crippen LogP contribution >= 0.6 is 12.4 Å². The molecule has 0 aliphatic rings. The van der Waals surface area contributed by atoms with Gasteiger partial charge in [0.05, 0.1) is 19.6 Å². The Morgan fingerprint density at radius 3 is 2.33 bits per heavy atom. The van der Waals surface area contributed by atoms with Gasteiger partial charge in [-0.2, -0.15) is 0 Å². The summed E-state index contributed by atoms with van der Waals surface area (Å²) in [5, 5.41) is 0. The fourth-order valence-electron chi connectivity index (χ4n) is 1.50. The van der Waals surface area contributed by atoms with Crippen LogP contribution in [0.4, 0.5) is 0 Å². The fourth-order valence-corrected chi connectivity index (χ4v) is 1.50. The van der Waals surface area contributed by atoms with Crippen LogP contribution in [0.15, 0.2) is 24.3 Å². The van der Waals surface area contributed by atoms with Gasteiger partial charge in [-0.3, -0.25) is 4.79 Å². The minimum Gasteiger partial charge on any atom is -0.494 e. The molecule has 5 heteroatoms. The van der Waals surface area contributed by atoms with Gasteiger partial charge in [0.2, 0.25) is 0 Å². The van der Waals surface area contributed by atoms with Gasteiger partial charge in [0, 0.05) is 6.04 Å². The summed E-state index contributed by atoms with van der Waals surface area (Å²) >= 11 is 0. The van der Waals surface area contributed by atoms with Crippen molar-refractivity contribution in [2.24, 2.45) is 5.73 Å². The second-order valence-corrected chi connectivity index (χ2v) is 3.62. The monoisotopic (exact) mass is 273 g/mol. The smallest absolute Gasteiger partial charge is 0.307 e. The molecule has 0 saturated heterocycles. The summed E-state index contributed by atoms with van der Waals surface area (Å²) in [5.41, 5.74) is 6.81. The van der Waals surface area contributed by atoms with Crippen molar-refractivity contribution in [1.82, 2.24) is 0 Å². The number of halogens is 1. The van der Waals surface area contributed by atoms with Crippen molar-refractivity contribution in [2.45, 2.75) is 26.3 Å². The molecule has 1 rings (SSSR count). The van der Waals surface area contributed by atoms with Crippen LogP contribution in [0, 0.1) is 0 Å². The van der Waals surface area contributed by atoms with Gasteiger partial charge in [-0.25, -0.2) is 0 Å². The van der Waals surface area contributed by atoms with Gasteiger partial charge in [-0.15, -0.1) is 12.4 Å². The molecule has 0 spiro atoms. The SMILES string of the molecule is CCOC(=O)C[C@@H](N)c1ccc(OCC)cc1.Cl. The topological polar surface area (TPSA) is 61.5 Å². The predicted molar refractivity (Wildman–Crippen MR) is 73.0 cm³/mol. The molecule has 18 heavy (non-hydrogen) atoms. The van der Waals surface area contributed by atoms with Gasteiger partial charge in [-0.1, -0.05) is 12.1 Å². The summed E-state index contributed by atoms with van der Waals surface area (Å²) in [5.74, 6) is 0.536. The highest BCUT2D eigenvalue weighted by Crippen LogP contribution is 2.18. The summed E-state index contributed by atoms with van der Waals surface area (Å²) in [6, 6.07) is 7.11. The summed E-state index contributed by atoms with van der Waals surface area (Å²) in [6.45, 7) is 4.73. The van der Waals surface area contributed by atoms with Crippen molar-refractivity contribution in [3.05, 3.63) is 29.8 Å². The first-order valence-electron chi connectivity index (χ1n) is 5.81. The minimum atomic E-state index is -0.329. The molecule has 0 amide bonds. The molecule has 1 aromatic carbocycles. The molecular formula is C13H20ClNO3. The van der Waals surface area contributed by atoms with Crippen LogP contribution in [-0.4, -0.2) is 19.2 Å². The van der Waals surface area contributed by atoms with E-state index < -0.39 is 0 Å². The number of carbonyl (C=O) groups is 1. The number of hydrogen-bond acceptors (Lipinski definition) is 4. The Kier molecular flexibility index (Phi) is 8.16. The van der Waals surface area contributed by atoms with Crippen LogP contribution in [0.1, 0.15) is 31.9 Å². The zero-order valence-electron chi connectivity index (χ0n) is 10.7. The minimum absolute atomic E-state index is 0. The maximum Gasteiger partial charge on any atom is 0.307 e. The van der Waals surface area contributed by atoms with Crippen LogP contribution in [0.3, 0.4) is 0 Å². The summed E-state index contributed by atoms with van der Waals surface area (Å²) < 4.78 is 10.2. The van der Waals surface area contributed by atoms with Crippen molar-refractivity contribution < 1.29 is 14.3 Å². The van der Waals surface area contributed by atoms with E-state index in [4.69, 9.17) is 15.2 Å². The lowest BCUT2D eigenvalue weighted by Crippen LogP contribution is -2.17. The highest BCUT2D eigenvalue weighted by Gasteiger charge is 2.12. The zero-order valence-corrected chi connectivity index (χ0v) is 11.5. The first kappa shape index (κ1) is 16.7. The molecule has 0 radical (unpaired) electrons. The molecule has 0 unspecified atom stereocenters. The average molecular weight is 274 g/mol. The Labute approximate surface area is 114 Å². The second-order valence-electron chi connectivity index (χ2n) is 3.62. The van der Waals surface area contributed by atoms with Gasteiger partial charge < -0.3 is 15.2 Å². The van der Waals surface area contributed by atoms with E-state index in [1.165, 1.54) is 0 Å². The summed E-state index contributed by atoms with van der Waals surface area (Å²) in [4.78, 5) is 11.3. The Hall–Kier alpha value is -1.26. The first-order chi connectivity index (χ1) is 8.17. The normalized spacial score (nSPS) is 11.3. The van der Waals surface area contributed by atoms with Crippen LogP contribution in [0.5, 0.6) is 5.75 Å². The molecule has 0 aromatic heterocycles. The molecule has 0 aliphatic carbocycles. The number of ether oxygens (including phenoxy) is 2. The number of benzene rings is 1. The molecule has 1 aromatic rings. The molecule has 4 nitrogen and oxygen atoms in total. The van der Waals surface area contributed by atoms with Crippen molar-refractivity contribution in [3.8, 4) is 5.75 Å². The van der Waals surface area contributed by atoms with E-state index in [9.17, 15) is 4.79 Å². The Bertz CT molecular complexity index is 354. The van der Waals surface area contributed by atoms with E-state index in [1.54, 1.807) is 6.92 Å². The van der Waals surface area contributed by atoms with Crippen LogP contribution in [-0.2, 0) is 9.53 Å². The maximum absolute atomic E-state index is 11.3. The quantitative estimate of drug-likeness (QED) is 0.809. The van der Waals surface area contributed by atoms with Gasteiger partial charge >= 0.3 is 5.97 Å². The number of nitrogens with two attached hydrogens (primary N) is 1. The Morgan fingerprint density at radius 1 is 1.22 bits per heavy atom. The molecular weight excluding hydrogens is 254 g/mol. The van der Waals surface area contributed by atoms with E-state index >= 15 is 0 Å². The zero-order chi connectivity index (χ0) is 12.7. The molecule has 0 heterocycles. The third-order valence-electron chi connectivity index (χ3n) is 2.31. The largest absolute Gasteiger partial charge is 0.494 e. The average Bonchev–Trinajstić information content (AvgIpc) is 2.30. The van der Waals surface area contributed by atoms with Crippen LogP contribution in [0.25, 0.3) is 0 Å². The highest BCUT2D eigenvalue weighted by atomic mass is 35.5. The number of rotatable bonds is 6. The van der Waals surface area contributed by atoms with E-state index in [0.717, 1.165) is 11.3 Å². The Morgan fingerprint density at radius 2 is 1.83 bits per heavy atom. The van der Waals surface area contributed by atoms with Gasteiger partial charge in [0.15, 0.2) is 0 Å². The van der Waals surface area contributed by atoms with E-state index in [1.807, 2.05) is 31.2 Å². The first-order valence-corrected chi connectivity index (χ1v) is 5.81.